The molecule has 114 valence electrons. The molecule has 0 aliphatic carbocycles. The van der Waals surface area contributed by atoms with E-state index in [4.69, 9.17) is 0 Å². The van der Waals surface area contributed by atoms with Gasteiger partial charge in [-0.2, -0.15) is 0 Å². The Morgan fingerprint density at radius 3 is 2.68 bits per heavy atom. The Kier molecular flexibility index (Phi) is 3.29. The summed E-state index contributed by atoms with van der Waals surface area (Å²) < 4.78 is 0. The number of thiazole rings is 1. The Bertz CT molecular complexity index is 672. The number of carbonyl (C=O) groups is 1. The summed E-state index contributed by atoms with van der Waals surface area (Å²) >= 11 is 1.46. The third-order valence-corrected chi connectivity index (χ3v) is 5.10. The van der Waals surface area contributed by atoms with Crippen LogP contribution in [0.2, 0.25) is 0 Å². The van der Waals surface area contributed by atoms with Crippen LogP contribution in [0.25, 0.3) is 0 Å². The van der Waals surface area contributed by atoms with Crippen molar-refractivity contribution < 1.29 is 4.79 Å². The van der Waals surface area contributed by atoms with E-state index in [2.05, 4.69) is 19.9 Å². The van der Waals surface area contributed by atoms with Crippen LogP contribution < -0.4 is 4.90 Å². The van der Waals surface area contributed by atoms with Gasteiger partial charge in [-0.05, 0) is 25.3 Å². The quantitative estimate of drug-likeness (QED) is 0.844. The van der Waals surface area contributed by atoms with Gasteiger partial charge in [0, 0.05) is 30.9 Å². The van der Waals surface area contributed by atoms with Gasteiger partial charge in [-0.25, -0.2) is 15.0 Å². The molecule has 4 heterocycles. The van der Waals surface area contributed by atoms with Crippen LogP contribution in [-0.4, -0.2) is 50.9 Å². The molecule has 2 aromatic heterocycles. The van der Waals surface area contributed by atoms with Gasteiger partial charge in [0.15, 0.2) is 0 Å². The van der Waals surface area contributed by atoms with Gasteiger partial charge in [0.1, 0.15) is 5.69 Å². The lowest BCUT2D eigenvalue weighted by atomic mass is 10.1. The fourth-order valence-corrected chi connectivity index (χ4v) is 4.01. The maximum absolute atomic E-state index is 12.6. The predicted molar refractivity (Wildman–Crippen MR) is 84.1 cm³/mol. The zero-order chi connectivity index (χ0) is 15.1. The van der Waals surface area contributed by atoms with E-state index in [-0.39, 0.29) is 11.9 Å². The zero-order valence-electron chi connectivity index (χ0n) is 12.3. The third-order valence-electron chi connectivity index (χ3n) is 4.51. The third kappa shape index (κ3) is 2.16. The fraction of sp³-hybridized carbons (Fsp3) is 0.467. The highest BCUT2D eigenvalue weighted by Crippen LogP contribution is 2.34. The van der Waals surface area contributed by atoms with Crippen molar-refractivity contribution in [3.05, 3.63) is 34.5 Å². The molecular formula is C15H17N5OS. The summed E-state index contributed by atoms with van der Waals surface area (Å²) in [6, 6.07) is 0.574. The summed E-state index contributed by atoms with van der Waals surface area (Å²) in [7, 11) is 0. The second kappa shape index (κ2) is 5.31. The van der Waals surface area contributed by atoms with Crippen LogP contribution in [-0.2, 0) is 0 Å². The highest BCUT2D eigenvalue weighted by molar-refractivity contribution is 7.07. The summed E-state index contributed by atoms with van der Waals surface area (Å²) in [6.45, 7) is 3.67. The summed E-state index contributed by atoms with van der Waals surface area (Å²) in [5.41, 5.74) is 3.34. The number of fused-ring (bicyclic) bond motifs is 1. The van der Waals surface area contributed by atoms with Crippen LogP contribution in [0.4, 0.5) is 5.95 Å². The molecule has 2 aromatic rings. The topological polar surface area (TPSA) is 62.2 Å². The predicted octanol–water partition coefficient (Wildman–Crippen LogP) is 1.73. The first-order valence-corrected chi connectivity index (χ1v) is 8.43. The highest BCUT2D eigenvalue weighted by Gasteiger charge is 2.45. The minimum Gasteiger partial charge on any atom is -0.336 e. The number of likely N-dealkylation sites (tertiary alicyclic amines) is 1. The van der Waals surface area contributed by atoms with Gasteiger partial charge in [-0.3, -0.25) is 4.79 Å². The summed E-state index contributed by atoms with van der Waals surface area (Å²) in [5.74, 6) is 0.835. The van der Waals surface area contributed by atoms with E-state index >= 15 is 0 Å². The number of hydrogen-bond donors (Lipinski definition) is 0. The molecule has 2 aliphatic heterocycles. The Morgan fingerprint density at radius 2 is 1.95 bits per heavy atom. The van der Waals surface area contributed by atoms with Crippen molar-refractivity contribution in [3.63, 3.8) is 0 Å². The van der Waals surface area contributed by atoms with Crippen molar-refractivity contribution >= 4 is 23.2 Å². The Hall–Kier alpha value is -2.02. The Balaban J connectivity index is 1.54. The first kappa shape index (κ1) is 13.6. The van der Waals surface area contributed by atoms with Gasteiger partial charge in [0.2, 0.25) is 5.95 Å². The maximum Gasteiger partial charge on any atom is 0.273 e. The minimum absolute atomic E-state index is 0.0559. The molecule has 0 saturated carbocycles. The van der Waals surface area contributed by atoms with Gasteiger partial charge in [-0.15, -0.1) is 11.3 Å². The molecule has 2 saturated heterocycles. The van der Waals surface area contributed by atoms with E-state index < -0.39 is 0 Å². The number of amides is 1. The van der Waals surface area contributed by atoms with Gasteiger partial charge in [-0.1, -0.05) is 0 Å². The van der Waals surface area contributed by atoms with Gasteiger partial charge < -0.3 is 9.80 Å². The molecule has 0 spiro atoms. The number of hydrogen-bond acceptors (Lipinski definition) is 6. The van der Waals surface area contributed by atoms with Gasteiger partial charge in [0.05, 0.1) is 17.6 Å². The summed E-state index contributed by atoms with van der Waals surface area (Å²) in [6.07, 6.45) is 5.64. The molecule has 6 nitrogen and oxygen atoms in total. The molecule has 2 fully saturated rings. The van der Waals surface area contributed by atoms with Crippen LogP contribution >= 0.6 is 11.3 Å². The average molecular weight is 315 g/mol. The summed E-state index contributed by atoms with van der Waals surface area (Å²) in [4.78, 5) is 29.8. The van der Waals surface area contributed by atoms with Crippen molar-refractivity contribution in [2.45, 2.75) is 31.8 Å². The molecule has 7 heteroatoms. The molecule has 2 aliphatic rings. The lowest BCUT2D eigenvalue weighted by Crippen LogP contribution is -2.40. The Labute approximate surface area is 132 Å². The Morgan fingerprint density at radius 1 is 1.18 bits per heavy atom. The normalized spacial score (nSPS) is 23.9. The van der Waals surface area contributed by atoms with Crippen LogP contribution in [0.15, 0.2) is 23.3 Å². The molecule has 2 atom stereocenters. The van der Waals surface area contributed by atoms with Crippen LogP contribution in [0.1, 0.15) is 28.9 Å². The first-order valence-electron chi connectivity index (χ1n) is 7.48. The van der Waals surface area contributed by atoms with Crippen molar-refractivity contribution in [3.8, 4) is 0 Å². The SMILES string of the molecule is Cc1cnc(N2CC[C@H]3[C@H]2CCN3C(=O)c2cscn2)nc1. The van der Waals surface area contributed by atoms with Crippen molar-refractivity contribution in [2.24, 2.45) is 0 Å². The second-order valence-corrected chi connectivity index (χ2v) is 6.56. The van der Waals surface area contributed by atoms with Crippen LogP contribution in [0, 0.1) is 6.92 Å². The molecular weight excluding hydrogens is 298 g/mol. The largest absolute Gasteiger partial charge is 0.336 e. The number of aromatic nitrogens is 3. The molecule has 0 unspecified atom stereocenters. The highest BCUT2D eigenvalue weighted by atomic mass is 32.1. The summed E-state index contributed by atoms with van der Waals surface area (Å²) in [5, 5.41) is 1.82. The van der Waals surface area contributed by atoms with E-state index in [9.17, 15) is 4.79 Å². The standard InChI is InChI=1S/C15H17N5OS/c1-10-6-16-15(17-7-10)20-5-3-12-13(20)2-4-19(12)14(21)11-8-22-9-18-11/h6-9,12-13H,2-5H2,1H3/t12-,13+/m0/s1. The lowest BCUT2D eigenvalue weighted by molar-refractivity contribution is 0.0732. The van der Waals surface area contributed by atoms with E-state index in [1.807, 2.05) is 29.6 Å². The molecule has 4 rings (SSSR count). The second-order valence-electron chi connectivity index (χ2n) is 5.84. The molecule has 0 N–H and O–H groups in total. The number of anilines is 1. The lowest BCUT2D eigenvalue weighted by Gasteiger charge is -2.25. The molecule has 0 bridgehead atoms. The number of aryl methyl sites for hydroxylation is 1. The van der Waals surface area contributed by atoms with E-state index in [1.54, 1.807) is 5.51 Å². The van der Waals surface area contributed by atoms with Crippen molar-refractivity contribution in [1.82, 2.24) is 19.9 Å². The number of carbonyl (C=O) groups excluding carboxylic acids is 1. The molecule has 1 amide bonds. The van der Waals surface area contributed by atoms with Crippen LogP contribution in [0.5, 0.6) is 0 Å². The number of rotatable bonds is 2. The molecule has 0 radical (unpaired) electrons. The maximum atomic E-state index is 12.6. The van der Waals surface area contributed by atoms with Crippen LogP contribution in [0.3, 0.4) is 0 Å². The molecule has 22 heavy (non-hydrogen) atoms. The molecule has 0 aromatic carbocycles. The average Bonchev–Trinajstić information content (AvgIpc) is 3.25. The van der Waals surface area contributed by atoms with E-state index in [0.717, 1.165) is 37.4 Å². The van der Waals surface area contributed by atoms with Gasteiger partial charge in [0.25, 0.3) is 5.91 Å². The van der Waals surface area contributed by atoms with Gasteiger partial charge >= 0.3 is 0 Å². The minimum atomic E-state index is 0.0559. The zero-order valence-corrected chi connectivity index (χ0v) is 13.2. The van der Waals surface area contributed by atoms with E-state index in [0.29, 0.717) is 11.7 Å². The monoisotopic (exact) mass is 315 g/mol. The first-order chi connectivity index (χ1) is 10.7. The van der Waals surface area contributed by atoms with Crippen molar-refractivity contribution in [1.29, 1.82) is 0 Å². The van der Waals surface area contributed by atoms with E-state index in [1.165, 1.54) is 11.3 Å². The smallest absolute Gasteiger partial charge is 0.273 e. The van der Waals surface area contributed by atoms with Crippen molar-refractivity contribution in [2.75, 3.05) is 18.0 Å². The number of nitrogens with zero attached hydrogens (tertiary/aromatic N) is 5. The fourth-order valence-electron chi connectivity index (χ4n) is 3.49.